The maximum absolute atomic E-state index is 12.1. The topological polar surface area (TPSA) is 58.6 Å². The largest absolute Gasteiger partial charge is 0.444 e. The average molecular weight is 242 g/mol. The van der Waals surface area contributed by atoms with E-state index in [0.717, 1.165) is 0 Å². The van der Waals surface area contributed by atoms with Gasteiger partial charge in [0.05, 0.1) is 5.54 Å². The van der Waals surface area contributed by atoms with Gasteiger partial charge in [-0.25, -0.2) is 4.79 Å². The van der Waals surface area contributed by atoms with Crippen LogP contribution in [0, 0.1) is 0 Å². The number of amides is 2. The van der Waals surface area contributed by atoms with Crippen molar-refractivity contribution in [3.63, 3.8) is 0 Å². The maximum Gasteiger partial charge on any atom is 0.410 e. The van der Waals surface area contributed by atoms with Gasteiger partial charge in [-0.2, -0.15) is 0 Å². The minimum Gasteiger partial charge on any atom is -0.444 e. The molecule has 5 nitrogen and oxygen atoms in total. The van der Waals surface area contributed by atoms with Crippen molar-refractivity contribution in [2.24, 2.45) is 0 Å². The molecule has 0 bridgehead atoms. The zero-order chi connectivity index (χ0) is 13.3. The first-order valence-electron chi connectivity index (χ1n) is 5.89. The highest BCUT2D eigenvalue weighted by molar-refractivity contribution is 5.78. The van der Waals surface area contributed by atoms with Crippen LogP contribution in [0.1, 0.15) is 41.0 Å². The van der Waals surface area contributed by atoms with Gasteiger partial charge in [0.15, 0.2) is 0 Å². The Balaban J connectivity index is 2.79. The SMILES string of the molecule is CC(C)(C)OC(=O)N1CCC(=O)NCC1(C)C. The van der Waals surface area contributed by atoms with Crippen molar-refractivity contribution in [2.45, 2.75) is 52.2 Å². The van der Waals surface area contributed by atoms with Gasteiger partial charge in [0.1, 0.15) is 5.60 Å². The van der Waals surface area contributed by atoms with Crippen molar-refractivity contribution in [1.82, 2.24) is 10.2 Å². The predicted molar refractivity (Wildman–Crippen MR) is 64.6 cm³/mol. The van der Waals surface area contributed by atoms with Crippen LogP contribution in [-0.4, -0.2) is 41.1 Å². The first-order valence-corrected chi connectivity index (χ1v) is 5.89. The molecule has 1 rings (SSSR count). The summed E-state index contributed by atoms with van der Waals surface area (Å²) < 4.78 is 5.35. The van der Waals surface area contributed by atoms with Gasteiger partial charge in [-0.1, -0.05) is 0 Å². The summed E-state index contributed by atoms with van der Waals surface area (Å²) >= 11 is 0. The van der Waals surface area contributed by atoms with Gasteiger partial charge in [-0.3, -0.25) is 4.79 Å². The third-order valence-electron chi connectivity index (χ3n) is 2.63. The molecule has 2 amide bonds. The Bertz CT molecular complexity index is 318. The normalized spacial score (nSPS) is 20.5. The predicted octanol–water partition coefficient (Wildman–Crippen LogP) is 1.52. The molecular weight excluding hydrogens is 220 g/mol. The van der Waals surface area contributed by atoms with Crippen molar-refractivity contribution in [3.8, 4) is 0 Å². The summed E-state index contributed by atoms with van der Waals surface area (Å²) in [5.41, 5.74) is -0.939. The van der Waals surface area contributed by atoms with Crippen molar-refractivity contribution in [3.05, 3.63) is 0 Å². The monoisotopic (exact) mass is 242 g/mol. The van der Waals surface area contributed by atoms with E-state index >= 15 is 0 Å². The molecule has 98 valence electrons. The smallest absolute Gasteiger partial charge is 0.410 e. The molecule has 1 saturated heterocycles. The van der Waals surface area contributed by atoms with Crippen LogP contribution in [0.5, 0.6) is 0 Å². The Morgan fingerprint density at radius 1 is 1.41 bits per heavy atom. The average Bonchev–Trinajstić information content (AvgIpc) is 2.23. The van der Waals surface area contributed by atoms with Crippen LogP contribution in [0.25, 0.3) is 0 Å². The van der Waals surface area contributed by atoms with E-state index in [1.54, 1.807) is 4.90 Å². The standard InChI is InChI=1S/C12H22N2O3/c1-11(2,3)17-10(16)14-7-6-9(15)13-8-12(14,4)5/h6-8H2,1-5H3,(H,13,15). The van der Waals surface area contributed by atoms with Crippen LogP contribution in [0.4, 0.5) is 4.79 Å². The van der Waals surface area contributed by atoms with E-state index in [0.29, 0.717) is 19.5 Å². The van der Waals surface area contributed by atoms with Crippen LogP contribution < -0.4 is 5.32 Å². The van der Waals surface area contributed by atoms with E-state index in [2.05, 4.69) is 5.32 Å². The minimum atomic E-state index is -0.517. The van der Waals surface area contributed by atoms with Crippen LogP contribution in [0.2, 0.25) is 0 Å². The van der Waals surface area contributed by atoms with E-state index in [4.69, 9.17) is 4.74 Å². The number of hydrogen-bond donors (Lipinski definition) is 1. The molecule has 0 radical (unpaired) electrons. The minimum absolute atomic E-state index is 0.0240. The molecule has 1 aliphatic rings. The summed E-state index contributed by atoms with van der Waals surface area (Å²) in [6.07, 6.45) is -0.0399. The molecule has 0 spiro atoms. The third kappa shape index (κ3) is 3.91. The molecule has 1 fully saturated rings. The van der Waals surface area contributed by atoms with Gasteiger partial charge in [-0.05, 0) is 34.6 Å². The molecule has 0 unspecified atom stereocenters. The third-order valence-corrected chi connectivity index (χ3v) is 2.63. The Morgan fingerprint density at radius 3 is 2.53 bits per heavy atom. The molecule has 0 aromatic rings. The van der Waals surface area contributed by atoms with Crippen LogP contribution in [-0.2, 0) is 9.53 Å². The first kappa shape index (κ1) is 13.8. The maximum atomic E-state index is 12.1. The molecule has 0 aliphatic carbocycles. The van der Waals surface area contributed by atoms with Crippen LogP contribution >= 0.6 is 0 Å². The number of nitrogens with one attached hydrogen (secondary N) is 1. The lowest BCUT2D eigenvalue weighted by Gasteiger charge is -2.37. The van der Waals surface area contributed by atoms with Gasteiger partial charge >= 0.3 is 6.09 Å². The van der Waals surface area contributed by atoms with E-state index < -0.39 is 11.1 Å². The number of carbonyl (C=O) groups is 2. The lowest BCUT2D eigenvalue weighted by atomic mass is 10.0. The van der Waals surface area contributed by atoms with Gasteiger partial charge in [0.2, 0.25) is 5.91 Å². The van der Waals surface area contributed by atoms with E-state index in [1.165, 1.54) is 0 Å². The Hall–Kier alpha value is -1.26. The molecular formula is C12H22N2O3. The van der Waals surface area contributed by atoms with Crippen molar-refractivity contribution >= 4 is 12.0 Å². The Kier molecular flexibility index (Phi) is 3.69. The van der Waals surface area contributed by atoms with Gasteiger partial charge in [-0.15, -0.1) is 0 Å². The van der Waals surface area contributed by atoms with Gasteiger partial charge in [0, 0.05) is 19.5 Å². The summed E-state index contributed by atoms with van der Waals surface area (Å²) in [6.45, 7) is 10.2. The lowest BCUT2D eigenvalue weighted by Crippen LogP contribution is -2.52. The molecule has 0 aromatic carbocycles. The van der Waals surface area contributed by atoms with E-state index in [1.807, 2.05) is 34.6 Å². The fraction of sp³-hybridized carbons (Fsp3) is 0.833. The molecule has 0 saturated carbocycles. The summed E-state index contributed by atoms with van der Waals surface area (Å²) in [6, 6.07) is 0. The zero-order valence-electron chi connectivity index (χ0n) is 11.3. The molecule has 1 heterocycles. The van der Waals surface area contributed by atoms with Crippen molar-refractivity contribution in [2.75, 3.05) is 13.1 Å². The second-order valence-electron chi connectivity index (χ2n) is 5.97. The van der Waals surface area contributed by atoms with Gasteiger partial charge < -0.3 is 15.0 Å². The summed E-state index contributed by atoms with van der Waals surface area (Å²) in [5, 5.41) is 2.79. The number of ether oxygens (including phenoxy) is 1. The first-order chi connectivity index (χ1) is 7.62. The number of hydrogen-bond acceptors (Lipinski definition) is 3. The zero-order valence-corrected chi connectivity index (χ0v) is 11.3. The van der Waals surface area contributed by atoms with Crippen molar-refractivity contribution in [1.29, 1.82) is 0 Å². The van der Waals surface area contributed by atoms with Crippen LogP contribution in [0.3, 0.4) is 0 Å². The molecule has 0 atom stereocenters. The van der Waals surface area contributed by atoms with E-state index in [9.17, 15) is 9.59 Å². The number of nitrogens with zero attached hydrogens (tertiary/aromatic N) is 1. The molecule has 5 heteroatoms. The highest BCUT2D eigenvalue weighted by Crippen LogP contribution is 2.20. The Morgan fingerprint density at radius 2 is 2.00 bits per heavy atom. The number of rotatable bonds is 0. The Labute approximate surface area is 102 Å². The molecule has 0 aromatic heterocycles. The van der Waals surface area contributed by atoms with E-state index in [-0.39, 0.29) is 12.0 Å². The van der Waals surface area contributed by atoms with Crippen molar-refractivity contribution < 1.29 is 14.3 Å². The summed E-state index contributed by atoms with van der Waals surface area (Å²) in [7, 11) is 0. The fourth-order valence-electron chi connectivity index (χ4n) is 1.67. The summed E-state index contributed by atoms with van der Waals surface area (Å²) in [5.74, 6) is -0.0240. The highest BCUT2D eigenvalue weighted by Gasteiger charge is 2.36. The lowest BCUT2D eigenvalue weighted by molar-refractivity contribution is -0.120. The second kappa shape index (κ2) is 4.55. The second-order valence-corrected chi connectivity index (χ2v) is 5.97. The fourth-order valence-corrected chi connectivity index (χ4v) is 1.67. The van der Waals surface area contributed by atoms with Crippen LogP contribution in [0.15, 0.2) is 0 Å². The number of carbonyl (C=O) groups excluding carboxylic acids is 2. The quantitative estimate of drug-likeness (QED) is 0.700. The molecule has 1 N–H and O–H groups in total. The highest BCUT2D eigenvalue weighted by atomic mass is 16.6. The van der Waals surface area contributed by atoms with Gasteiger partial charge in [0.25, 0.3) is 0 Å². The summed E-state index contributed by atoms with van der Waals surface area (Å²) in [4.78, 5) is 25.0. The molecule has 17 heavy (non-hydrogen) atoms. The molecule has 1 aliphatic heterocycles.